The molecule has 27 heavy (non-hydrogen) atoms. The van der Waals surface area contributed by atoms with Gasteiger partial charge in [-0.3, -0.25) is 19.6 Å². The van der Waals surface area contributed by atoms with Crippen LogP contribution in [0.2, 0.25) is 0 Å². The van der Waals surface area contributed by atoms with Crippen molar-refractivity contribution in [2.75, 3.05) is 5.32 Å². The minimum Gasteiger partial charge on any atom is -0.461 e. The first kappa shape index (κ1) is 18.4. The molecule has 0 bridgehead atoms. The van der Waals surface area contributed by atoms with E-state index in [2.05, 4.69) is 20.3 Å². The molecule has 0 saturated carbocycles. The van der Waals surface area contributed by atoms with Gasteiger partial charge in [0.05, 0.1) is 5.39 Å². The van der Waals surface area contributed by atoms with Gasteiger partial charge in [0.15, 0.2) is 0 Å². The monoisotopic (exact) mass is 368 g/mol. The van der Waals surface area contributed by atoms with Crippen LogP contribution in [-0.2, 0) is 22.7 Å². The number of rotatable bonds is 5. The van der Waals surface area contributed by atoms with E-state index in [4.69, 9.17) is 4.74 Å². The summed E-state index contributed by atoms with van der Waals surface area (Å²) in [5.74, 6) is -0.432. The van der Waals surface area contributed by atoms with E-state index >= 15 is 0 Å². The Labute approximate surface area is 154 Å². The van der Waals surface area contributed by atoms with E-state index in [0.29, 0.717) is 17.7 Å². The van der Waals surface area contributed by atoms with E-state index in [1.807, 2.05) is 32.0 Å². The van der Waals surface area contributed by atoms with E-state index in [0.717, 1.165) is 16.8 Å². The van der Waals surface area contributed by atoms with Crippen LogP contribution in [0.25, 0.3) is 11.0 Å². The summed E-state index contributed by atoms with van der Waals surface area (Å²) in [5.41, 5.74) is 3.32. The maximum Gasteiger partial charge on any atom is 0.327 e. The second kappa shape index (κ2) is 7.45. The summed E-state index contributed by atoms with van der Waals surface area (Å²) in [4.78, 5) is 44.0. The number of hydrogen-bond donors (Lipinski definition) is 3. The lowest BCUT2D eigenvalue weighted by Gasteiger charge is -2.15. The highest BCUT2D eigenvalue weighted by atomic mass is 16.5. The zero-order valence-corrected chi connectivity index (χ0v) is 15.3. The number of benzene rings is 1. The molecule has 0 atom stereocenters. The van der Waals surface area contributed by atoms with Crippen molar-refractivity contribution in [3.63, 3.8) is 0 Å². The maximum atomic E-state index is 12.4. The fraction of sp³-hybridized carbons (Fsp3) is 0.263. The lowest BCUT2D eigenvalue weighted by molar-refractivity contribution is -0.142. The Hall–Kier alpha value is -3.42. The molecular formula is C19H20N4O4. The number of nitrogens with one attached hydrogen (secondary N) is 3. The molecule has 2 heterocycles. The highest BCUT2D eigenvalue weighted by Crippen LogP contribution is 2.21. The van der Waals surface area contributed by atoms with Gasteiger partial charge in [-0.15, -0.1) is 0 Å². The average molecular weight is 368 g/mol. The predicted octanol–water partition coefficient (Wildman–Crippen LogP) is 1.90. The summed E-state index contributed by atoms with van der Waals surface area (Å²) in [6.07, 6.45) is 1.50. The van der Waals surface area contributed by atoms with Crippen LogP contribution in [0, 0.1) is 13.8 Å². The number of ether oxygens (including phenoxy) is 1. The second-order valence-electron chi connectivity index (χ2n) is 6.35. The van der Waals surface area contributed by atoms with E-state index in [9.17, 15) is 14.4 Å². The first-order valence-electron chi connectivity index (χ1n) is 8.42. The van der Waals surface area contributed by atoms with Crippen molar-refractivity contribution in [1.82, 2.24) is 15.0 Å². The normalized spacial score (nSPS) is 10.8. The quantitative estimate of drug-likeness (QED) is 0.592. The van der Waals surface area contributed by atoms with E-state index < -0.39 is 17.2 Å². The van der Waals surface area contributed by atoms with E-state index in [1.165, 1.54) is 13.1 Å². The Bertz CT molecular complexity index is 1130. The van der Waals surface area contributed by atoms with Crippen LogP contribution >= 0.6 is 0 Å². The van der Waals surface area contributed by atoms with Crippen molar-refractivity contribution < 1.29 is 9.53 Å². The minimum atomic E-state index is -0.624. The molecule has 140 valence electrons. The van der Waals surface area contributed by atoms with Gasteiger partial charge in [0.2, 0.25) is 0 Å². The smallest absolute Gasteiger partial charge is 0.327 e. The van der Waals surface area contributed by atoms with Crippen molar-refractivity contribution in [1.29, 1.82) is 0 Å². The Morgan fingerprint density at radius 2 is 2.00 bits per heavy atom. The molecule has 0 spiro atoms. The molecule has 1 aromatic carbocycles. The standard InChI is InChI=1S/C19H20N4O4/c1-10-4-5-11(2)15(6-10)20-8-14-13(9-27-12(3)24)7-21-17-16(14)18(25)23-19(26)22-17/h4-7,20H,8-9H2,1-3H3,(H2,21,22,23,25,26). The fourth-order valence-electron chi connectivity index (χ4n) is 2.85. The number of carbonyl (C=O) groups excluding carboxylic acids is 1. The van der Waals surface area contributed by atoms with Gasteiger partial charge < -0.3 is 10.1 Å². The summed E-state index contributed by atoms with van der Waals surface area (Å²) in [5, 5.41) is 3.58. The number of aromatic amines is 2. The zero-order valence-electron chi connectivity index (χ0n) is 15.3. The minimum absolute atomic E-state index is 0.0132. The Morgan fingerprint density at radius 1 is 1.22 bits per heavy atom. The molecule has 0 amide bonds. The van der Waals surface area contributed by atoms with Crippen LogP contribution in [0.15, 0.2) is 34.0 Å². The lowest BCUT2D eigenvalue weighted by atomic mass is 10.1. The molecule has 3 rings (SSSR count). The van der Waals surface area contributed by atoms with E-state index in [-0.39, 0.29) is 17.6 Å². The number of fused-ring (bicyclic) bond motifs is 1. The maximum absolute atomic E-state index is 12.4. The van der Waals surface area contributed by atoms with Gasteiger partial charge >= 0.3 is 11.7 Å². The van der Waals surface area contributed by atoms with Gasteiger partial charge in [-0.25, -0.2) is 9.78 Å². The predicted molar refractivity (Wildman–Crippen MR) is 102 cm³/mol. The summed E-state index contributed by atoms with van der Waals surface area (Å²) in [7, 11) is 0. The molecular weight excluding hydrogens is 348 g/mol. The van der Waals surface area contributed by atoms with Gasteiger partial charge in [-0.05, 0) is 36.6 Å². The molecule has 3 aromatic rings. The lowest BCUT2D eigenvalue weighted by Crippen LogP contribution is -2.24. The Balaban J connectivity index is 2.07. The third-order valence-electron chi connectivity index (χ3n) is 4.24. The third-order valence-corrected chi connectivity index (χ3v) is 4.24. The number of hydrogen-bond acceptors (Lipinski definition) is 6. The molecule has 0 aliphatic rings. The number of H-pyrrole nitrogens is 2. The molecule has 0 radical (unpaired) electrons. The molecule has 8 heteroatoms. The molecule has 3 N–H and O–H groups in total. The fourth-order valence-corrected chi connectivity index (χ4v) is 2.85. The van der Waals surface area contributed by atoms with E-state index in [1.54, 1.807) is 0 Å². The summed E-state index contributed by atoms with van der Waals surface area (Å²) >= 11 is 0. The zero-order chi connectivity index (χ0) is 19.6. The number of aryl methyl sites for hydroxylation is 2. The van der Waals surface area contributed by atoms with Crippen molar-refractivity contribution in [2.45, 2.75) is 33.9 Å². The molecule has 0 aliphatic heterocycles. The number of anilines is 1. The van der Waals surface area contributed by atoms with Crippen LogP contribution in [0.1, 0.15) is 29.2 Å². The molecule has 2 aromatic heterocycles. The second-order valence-corrected chi connectivity index (χ2v) is 6.35. The number of aromatic nitrogens is 3. The van der Waals surface area contributed by atoms with Crippen LogP contribution in [0.5, 0.6) is 0 Å². The van der Waals surface area contributed by atoms with Crippen LogP contribution < -0.4 is 16.6 Å². The molecule has 0 saturated heterocycles. The van der Waals surface area contributed by atoms with Gasteiger partial charge in [-0.2, -0.15) is 0 Å². The topological polar surface area (TPSA) is 117 Å². The average Bonchev–Trinajstić information content (AvgIpc) is 2.60. The first-order chi connectivity index (χ1) is 12.8. The van der Waals surface area contributed by atoms with Crippen molar-refractivity contribution in [3.8, 4) is 0 Å². The highest BCUT2D eigenvalue weighted by molar-refractivity contribution is 5.79. The number of pyridine rings is 1. The number of nitrogens with zero attached hydrogens (tertiary/aromatic N) is 1. The third kappa shape index (κ3) is 4.05. The van der Waals surface area contributed by atoms with Gasteiger partial charge in [-0.1, -0.05) is 12.1 Å². The molecule has 0 fully saturated rings. The Morgan fingerprint density at radius 3 is 2.74 bits per heavy atom. The Kier molecular flexibility index (Phi) is 5.07. The van der Waals surface area contributed by atoms with Crippen LogP contribution in [0.3, 0.4) is 0 Å². The molecule has 0 unspecified atom stereocenters. The van der Waals surface area contributed by atoms with Gasteiger partial charge in [0.1, 0.15) is 12.3 Å². The van der Waals surface area contributed by atoms with Crippen LogP contribution in [-0.4, -0.2) is 20.9 Å². The molecule has 0 aliphatic carbocycles. The van der Waals surface area contributed by atoms with Gasteiger partial charge in [0, 0.05) is 30.9 Å². The van der Waals surface area contributed by atoms with Crippen molar-refractivity contribution in [2.24, 2.45) is 0 Å². The largest absolute Gasteiger partial charge is 0.461 e. The van der Waals surface area contributed by atoms with Gasteiger partial charge in [0.25, 0.3) is 5.56 Å². The van der Waals surface area contributed by atoms with Crippen molar-refractivity contribution >= 4 is 22.7 Å². The summed E-state index contributed by atoms with van der Waals surface area (Å²) in [6.45, 7) is 5.58. The van der Waals surface area contributed by atoms with Crippen LogP contribution in [0.4, 0.5) is 5.69 Å². The number of carbonyl (C=O) groups is 1. The molecule has 8 nitrogen and oxygen atoms in total. The first-order valence-corrected chi connectivity index (χ1v) is 8.42. The van der Waals surface area contributed by atoms with Crippen molar-refractivity contribution in [3.05, 3.63) is 67.5 Å². The summed E-state index contributed by atoms with van der Waals surface area (Å²) < 4.78 is 5.09. The SMILES string of the molecule is CC(=O)OCc1cnc2[nH]c(=O)[nH]c(=O)c2c1CNc1cc(C)ccc1C. The number of esters is 1. The summed E-state index contributed by atoms with van der Waals surface area (Å²) in [6, 6.07) is 6.03. The highest BCUT2D eigenvalue weighted by Gasteiger charge is 2.15.